The number of nitrogens with zero attached hydrogens (tertiary/aromatic N) is 1. The lowest BCUT2D eigenvalue weighted by Gasteiger charge is -2.27. The van der Waals surface area contributed by atoms with Crippen LogP contribution in [0.15, 0.2) is 52.1 Å². The predicted molar refractivity (Wildman–Crippen MR) is 146 cm³/mol. The standard InChI is InChI=1S/C29H32ClNO8/c1-6-37-21-13-17(8-9-20(21)35-4)25-24(27(33)29(34)31(25)10-7-11-38-16(2)3)26(32)22-14-18-12-19(30)15-23(36-5)28(18)39-22/h8-9,12-16,25,33H,6-7,10-11H2,1-5H3. The molecule has 9 nitrogen and oxygen atoms in total. The molecule has 4 rings (SSSR count). The SMILES string of the molecule is CCOc1cc(C2C(C(=O)c3cc4cc(Cl)cc(OC)c4o3)=C(O)C(=O)N2CCCOC(C)C)ccc1OC. The molecule has 2 aromatic carbocycles. The zero-order valence-electron chi connectivity index (χ0n) is 22.6. The molecule has 2 heterocycles. The smallest absolute Gasteiger partial charge is 0.290 e. The number of methoxy groups -OCH3 is 2. The second-order valence-electron chi connectivity index (χ2n) is 9.25. The van der Waals surface area contributed by atoms with E-state index in [2.05, 4.69) is 0 Å². The Bertz CT molecular complexity index is 1410. The van der Waals surface area contributed by atoms with Crippen molar-refractivity contribution in [1.82, 2.24) is 4.90 Å². The summed E-state index contributed by atoms with van der Waals surface area (Å²) in [7, 11) is 3.00. The third-order valence-electron chi connectivity index (χ3n) is 6.34. The van der Waals surface area contributed by atoms with E-state index in [-0.39, 0.29) is 24.0 Å². The molecule has 1 unspecified atom stereocenters. The summed E-state index contributed by atoms with van der Waals surface area (Å²) in [5.41, 5.74) is 0.806. The van der Waals surface area contributed by atoms with Crippen LogP contribution in [0.4, 0.5) is 0 Å². The minimum atomic E-state index is -0.896. The van der Waals surface area contributed by atoms with E-state index in [1.54, 1.807) is 30.3 Å². The Morgan fingerprint density at radius 2 is 1.85 bits per heavy atom. The number of furan rings is 1. The first-order valence-electron chi connectivity index (χ1n) is 12.7. The molecule has 1 aliphatic heterocycles. The Hall–Kier alpha value is -3.69. The number of halogens is 1. The molecular weight excluding hydrogens is 526 g/mol. The molecule has 0 radical (unpaired) electrons. The van der Waals surface area contributed by atoms with E-state index >= 15 is 0 Å². The number of ketones is 1. The lowest BCUT2D eigenvalue weighted by atomic mass is 9.94. The summed E-state index contributed by atoms with van der Waals surface area (Å²) in [6.45, 7) is 6.74. The van der Waals surface area contributed by atoms with E-state index in [9.17, 15) is 14.7 Å². The predicted octanol–water partition coefficient (Wildman–Crippen LogP) is 5.90. The van der Waals surface area contributed by atoms with Crippen molar-refractivity contribution in [2.45, 2.75) is 39.3 Å². The number of carbonyl (C=O) groups excluding carboxylic acids is 2. The lowest BCUT2D eigenvalue weighted by molar-refractivity contribution is -0.129. The third-order valence-corrected chi connectivity index (χ3v) is 6.55. The fourth-order valence-corrected chi connectivity index (χ4v) is 4.85. The van der Waals surface area contributed by atoms with Crippen LogP contribution < -0.4 is 14.2 Å². The lowest BCUT2D eigenvalue weighted by Crippen LogP contribution is -2.32. The Morgan fingerprint density at radius 1 is 1.10 bits per heavy atom. The highest BCUT2D eigenvalue weighted by molar-refractivity contribution is 6.31. The van der Waals surface area contributed by atoms with Gasteiger partial charge in [-0.3, -0.25) is 9.59 Å². The summed E-state index contributed by atoms with van der Waals surface area (Å²) in [6.07, 6.45) is 0.539. The second kappa shape index (κ2) is 12.0. The van der Waals surface area contributed by atoms with Gasteiger partial charge in [0.05, 0.1) is 38.5 Å². The number of amides is 1. The van der Waals surface area contributed by atoms with Crippen LogP contribution in [0.2, 0.25) is 5.02 Å². The van der Waals surface area contributed by atoms with Crippen molar-refractivity contribution in [3.63, 3.8) is 0 Å². The fraction of sp³-hybridized carbons (Fsp3) is 0.379. The first-order valence-corrected chi connectivity index (χ1v) is 13.1. The van der Waals surface area contributed by atoms with E-state index in [0.29, 0.717) is 58.4 Å². The maximum atomic E-state index is 13.9. The van der Waals surface area contributed by atoms with Gasteiger partial charge in [0.15, 0.2) is 34.4 Å². The van der Waals surface area contributed by atoms with Crippen LogP contribution in [0.3, 0.4) is 0 Å². The van der Waals surface area contributed by atoms with Crippen LogP contribution >= 0.6 is 11.6 Å². The summed E-state index contributed by atoms with van der Waals surface area (Å²) < 4.78 is 28.0. The Balaban J connectivity index is 1.78. The molecule has 0 aliphatic carbocycles. The summed E-state index contributed by atoms with van der Waals surface area (Å²) in [5.74, 6) is -0.661. The van der Waals surface area contributed by atoms with Crippen molar-refractivity contribution in [2.75, 3.05) is 34.0 Å². The molecule has 1 aliphatic rings. The molecule has 208 valence electrons. The quantitative estimate of drug-likeness (QED) is 0.217. The fourth-order valence-electron chi connectivity index (χ4n) is 4.63. The second-order valence-corrected chi connectivity index (χ2v) is 9.68. The Kier molecular flexibility index (Phi) is 8.72. The Labute approximate surface area is 231 Å². The van der Waals surface area contributed by atoms with E-state index in [0.717, 1.165) is 0 Å². The number of rotatable bonds is 12. The topological polar surface area (TPSA) is 108 Å². The van der Waals surface area contributed by atoms with Gasteiger partial charge in [-0.15, -0.1) is 0 Å². The molecule has 0 saturated carbocycles. The maximum absolute atomic E-state index is 13.9. The molecule has 10 heteroatoms. The minimum absolute atomic E-state index is 0.0349. The molecule has 3 aromatic rings. The largest absolute Gasteiger partial charge is 0.503 e. The maximum Gasteiger partial charge on any atom is 0.290 e. The van der Waals surface area contributed by atoms with Crippen molar-refractivity contribution in [3.8, 4) is 17.2 Å². The van der Waals surface area contributed by atoms with Crippen LogP contribution in [0.25, 0.3) is 11.0 Å². The summed E-state index contributed by atoms with van der Waals surface area (Å²) in [4.78, 5) is 28.7. The molecule has 0 spiro atoms. The van der Waals surface area contributed by atoms with Crippen LogP contribution in [-0.4, -0.2) is 61.8 Å². The molecule has 1 N–H and O–H groups in total. The molecule has 1 amide bonds. The van der Waals surface area contributed by atoms with Gasteiger partial charge in [-0.05, 0) is 57.0 Å². The van der Waals surface area contributed by atoms with Gasteiger partial charge in [0.25, 0.3) is 5.91 Å². The van der Waals surface area contributed by atoms with Crippen molar-refractivity contribution >= 4 is 34.3 Å². The molecule has 39 heavy (non-hydrogen) atoms. The average molecular weight is 558 g/mol. The highest BCUT2D eigenvalue weighted by Gasteiger charge is 2.44. The molecule has 1 aromatic heterocycles. The van der Waals surface area contributed by atoms with Gasteiger partial charge in [0, 0.05) is 29.6 Å². The number of aliphatic hydroxyl groups is 1. The van der Waals surface area contributed by atoms with Gasteiger partial charge in [-0.1, -0.05) is 17.7 Å². The number of benzene rings is 2. The molecule has 0 fully saturated rings. The number of carbonyl (C=O) groups is 2. The Morgan fingerprint density at radius 3 is 2.51 bits per heavy atom. The van der Waals surface area contributed by atoms with Crippen LogP contribution in [-0.2, 0) is 9.53 Å². The van der Waals surface area contributed by atoms with Crippen LogP contribution in [0, 0.1) is 0 Å². The molecule has 0 bridgehead atoms. The monoisotopic (exact) mass is 557 g/mol. The zero-order chi connectivity index (χ0) is 28.3. The number of fused-ring (bicyclic) bond motifs is 1. The minimum Gasteiger partial charge on any atom is -0.503 e. The van der Waals surface area contributed by atoms with Crippen LogP contribution in [0.5, 0.6) is 17.2 Å². The number of ether oxygens (including phenoxy) is 4. The van der Waals surface area contributed by atoms with Gasteiger partial charge in [0.1, 0.15) is 0 Å². The third kappa shape index (κ3) is 5.69. The number of Topliss-reactive ketones (excluding diaryl/α,β-unsaturated/α-hetero) is 1. The van der Waals surface area contributed by atoms with E-state index in [4.69, 9.17) is 35.0 Å². The van der Waals surface area contributed by atoms with Crippen LogP contribution in [0.1, 0.15) is 49.4 Å². The van der Waals surface area contributed by atoms with Gasteiger partial charge in [-0.2, -0.15) is 0 Å². The molecular formula is C29H32ClNO8. The van der Waals surface area contributed by atoms with Gasteiger partial charge < -0.3 is 33.4 Å². The zero-order valence-corrected chi connectivity index (χ0v) is 23.3. The average Bonchev–Trinajstić information content (AvgIpc) is 3.44. The summed E-state index contributed by atoms with van der Waals surface area (Å²) in [6, 6.07) is 9.00. The number of aliphatic hydroxyl groups excluding tert-OH is 1. The van der Waals surface area contributed by atoms with Crippen molar-refractivity contribution in [2.24, 2.45) is 0 Å². The van der Waals surface area contributed by atoms with Crippen molar-refractivity contribution < 1.29 is 38.1 Å². The number of hydrogen-bond acceptors (Lipinski definition) is 8. The summed E-state index contributed by atoms with van der Waals surface area (Å²) >= 11 is 6.19. The van der Waals surface area contributed by atoms with Crippen molar-refractivity contribution in [1.29, 1.82) is 0 Å². The van der Waals surface area contributed by atoms with Gasteiger partial charge >= 0.3 is 0 Å². The normalized spacial score (nSPS) is 15.5. The van der Waals surface area contributed by atoms with E-state index < -0.39 is 23.5 Å². The summed E-state index contributed by atoms with van der Waals surface area (Å²) in [5, 5.41) is 12.0. The highest BCUT2D eigenvalue weighted by Crippen LogP contribution is 2.43. The molecule has 0 saturated heterocycles. The molecule has 1 atom stereocenters. The number of hydrogen-bond donors (Lipinski definition) is 1. The van der Waals surface area contributed by atoms with Gasteiger partial charge in [0.2, 0.25) is 5.78 Å². The van der Waals surface area contributed by atoms with Gasteiger partial charge in [-0.25, -0.2) is 0 Å². The first kappa shape index (κ1) is 28.3. The highest BCUT2D eigenvalue weighted by atomic mass is 35.5. The van der Waals surface area contributed by atoms with E-state index in [1.807, 2.05) is 20.8 Å². The van der Waals surface area contributed by atoms with Crippen molar-refractivity contribution in [3.05, 3.63) is 64.1 Å². The first-order chi connectivity index (χ1) is 18.7. The van der Waals surface area contributed by atoms with E-state index in [1.165, 1.54) is 25.2 Å².